The zero-order chi connectivity index (χ0) is 12.4. The number of aromatic nitrogens is 1. The Morgan fingerprint density at radius 3 is 2.76 bits per heavy atom. The van der Waals surface area contributed by atoms with E-state index in [4.69, 9.17) is 5.11 Å². The van der Waals surface area contributed by atoms with E-state index in [9.17, 15) is 9.18 Å². The van der Waals surface area contributed by atoms with E-state index in [1.165, 1.54) is 17.4 Å². The Morgan fingerprint density at radius 1 is 1.47 bits per heavy atom. The van der Waals surface area contributed by atoms with E-state index in [0.29, 0.717) is 10.0 Å². The number of anilines is 2. The average Bonchev–Trinajstić information content (AvgIpc) is 2.63. The zero-order valence-electron chi connectivity index (χ0n) is 8.90. The van der Waals surface area contributed by atoms with E-state index >= 15 is 0 Å². The molecule has 0 unspecified atom stereocenters. The Labute approximate surface area is 101 Å². The fourth-order valence-corrected chi connectivity index (χ4v) is 2.14. The summed E-state index contributed by atoms with van der Waals surface area (Å²) < 4.78 is 13.3. The lowest BCUT2D eigenvalue weighted by molar-refractivity contribution is 0.0690. The van der Waals surface area contributed by atoms with E-state index in [1.807, 2.05) is 0 Å². The van der Waals surface area contributed by atoms with E-state index in [1.54, 1.807) is 25.1 Å². The molecule has 2 N–H and O–H groups in total. The first-order valence-electron chi connectivity index (χ1n) is 4.80. The topological polar surface area (TPSA) is 62.2 Å². The normalized spacial score (nSPS) is 10.2. The third-order valence-electron chi connectivity index (χ3n) is 2.11. The monoisotopic (exact) mass is 252 g/mol. The molecule has 0 radical (unpaired) electrons. The molecule has 88 valence electrons. The van der Waals surface area contributed by atoms with Crippen LogP contribution in [0.1, 0.15) is 15.4 Å². The number of nitrogens with one attached hydrogen (secondary N) is 1. The van der Waals surface area contributed by atoms with Crippen molar-refractivity contribution in [3.63, 3.8) is 0 Å². The second kappa shape index (κ2) is 4.50. The van der Waals surface area contributed by atoms with Crippen LogP contribution < -0.4 is 5.32 Å². The number of carboxylic acid groups (broad SMARTS) is 1. The highest BCUT2D eigenvalue weighted by Crippen LogP contribution is 2.26. The number of thiazole rings is 1. The van der Waals surface area contributed by atoms with E-state index < -0.39 is 11.8 Å². The first-order valence-corrected chi connectivity index (χ1v) is 5.62. The predicted molar refractivity (Wildman–Crippen MR) is 63.5 cm³/mol. The minimum atomic E-state index is -1.08. The van der Waals surface area contributed by atoms with Crippen molar-refractivity contribution in [2.24, 2.45) is 0 Å². The van der Waals surface area contributed by atoms with Crippen LogP contribution in [0.15, 0.2) is 24.3 Å². The molecule has 0 aliphatic rings. The molecular formula is C11H9FN2O2S. The van der Waals surface area contributed by atoms with Crippen LogP contribution in [0.3, 0.4) is 0 Å². The van der Waals surface area contributed by atoms with Gasteiger partial charge >= 0.3 is 5.97 Å². The predicted octanol–water partition coefficient (Wildman–Crippen LogP) is 3.03. The van der Waals surface area contributed by atoms with Crippen molar-refractivity contribution < 1.29 is 14.3 Å². The van der Waals surface area contributed by atoms with E-state index in [-0.39, 0.29) is 11.4 Å². The fourth-order valence-electron chi connectivity index (χ4n) is 1.33. The Bertz CT molecular complexity index is 568. The Balaban J connectivity index is 2.28. The van der Waals surface area contributed by atoms with Crippen molar-refractivity contribution in [1.29, 1.82) is 0 Å². The van der Waals surface area contributed by atoms with Crippen LogP contribution in [0, 0.1) is 12.7 Å². The highest BCUT2D eigenvalue weighted by Gasteiger charge is 2.14. The van der Waals surface area contributed by atoms with Gasteiger partial charge in [0.1, 0.15) is 5.82 Å². The molecule has 1 heterocycles. The summed E-state index contributed by atoms with van der Waals surface area (Å²) in [5.74, 6) is -1.49. The van der Waals surface area contributed by atoms with Gasteiger partial charge in [-0.2, -0.15) is 0 Å². The van der Waals surface area contributed by atoms with E-state index in [2.05, 4.69) is 10.3 Å². The highest BCUT2D eigenvalue weighted by atomic mass is 32.1. The van der Waals surface area contributed by atoms with Gasteiger partial charge in [-0.3, -0.25) is 0 Å². The number of halogens is 1. The van der Waals surface area contributed by atoms with Gasteiger partial charge in [0.05, 0.1) is 5.69 Å². The summed E-state index contributed by atoms with van der Waals surface area (Å²) in [5.41, 5.74) is 0.270. The molecule has 2 aromatic rings. The molecule has 1 aromatic carbocycles. The lowest BCUT2D eigenvalue weighted by Crippen LogP contribution is -1.99. The second-order valence-electron chi connectivity index (χ2n) is 3.33. The molecule has 0 fully saturated rings. The minimum absolute atomic E-state index is 0.00570. The number of carbonyl (C=O) groups is 1. The van der Waals surface area contributed by atoms with Gasteiger partial charge in [-0.05, 0) is 19.1 Å². The summed E-state index contributed by atoms with van der Waals surface area (Å²) in [6.07, 6.45) is 0. The molecule has 0 aliphatic carbocycles. The van der Waals surface area contributed by atoms with Crippen molar-refractivity contribution in [3.8, 4) is 0 Å². The Hall–Kier alpha value is -1.95. The number of rotatable bonds is 3. The van der Waals surface area contributed by atoms with Gasteiger partial charge in [0, 0.05) is 4.88 Å². The summed E-state index contributed by atoms with van der Waals surface area (Å²) in [4.78, 5) is 15.3. The first kappa shape index (κ1) is 11.5. The van der Waals surface area contributed by atoms with Gasteiger partial charge < -0.3 is 10.4 Å². The van der Waals surface area contributed by atoms with Crippen LogP contribution in [0.4, 0.5) is 15.2 Å². The summed E-state index contributed by atoms with van der Waals surface area (Å²) in [6, 6.07) is 6.15. The zero-order valence-corrected chi connectivity index (χ0v) is 9.71. The molecule has 0 atom stereocenters. The molecule has 2 rings (SSSR count). The average molecular weight is 252 g/mol. The minimum Gasteiger partial charge on any atom is -0.476 e. The van der Waals surface area contributed by atoms with Crippen LogP contribution in [-0.2, 0) is 0 Å². The number of carboxylic acids is 1. The van der Waals surface area contributed by atoms with Crippen molar-refractivity contribution in [3.05, 3.63) is 40.7 Å². The van der Waals surface area contributed by atoms with Crippen molar-refractivity contribution in [2.75, 3.05) is 5.32 Å². The molecule has 0 bridgehead atoms. The standard InChI is InChI=1S/C11H9FN2O2S/c1-6-9(10(15)16)14-11(17-6)13-8-5-3-2-4-7(8)12/h2-5H,1H3,(H,13,14)(H,15,16). The maximum Gasteiger partial charge on any atom is 0.355 e. The molecule has 6 heteroatoms. The summed E-state index contributed by atoms with van der Waals surface area (Å²) >= 11 is 1.18. The highest BCUT2D eigenvalue weighted by molar-refractivity contribution is 7.15. The van der Waals surface area contributed by atoms with Crippen LogP contribution in [-0.4, -0.2) is 16.1 Å². The number of hydrogen-bond acceptors (Lipinski definition) is 4. The van der Waals surface area contributed by atoms with E-state index in [0.717, 1.165) is 0 Å². The largest absolute Gasteiger partial charge is 0.476 e. The van der Waals surface area contributed by atoms with Gasteiger partial charge in [0.15, 0.2) is 10.8 Å². The third-order valence-corrected chi connectivity index (χ3v) is 3.00. The molecule has 0 saturated carbocycles. The Kier molecular flexibility index (Phi) is 3.06. The van der Waals surface area contributed by atoms with Gasteiger partial charge in [-0.1, -0.05) is 12.1 Å². The Morgan fingerprint density at radius 2 is 2.18 bits per heavy atom. The third kappa shape index (κ3) is 2.42. The fraction of sp³-hybridized carbons (Fsp3) is 0.0909. The molecule has 4 nitrogen and oxygen atoms in total. The molecular weight excluding hydrogens is 243 g/mol. The lowest BCUT2D eigenvalue weighted by atomic mass is 10.3. The second-order valence-corrected chi connectivity index (χ2v) is 4.54. The molecule has 0 saturated heterocycles. The summed E-state index contributed by atoms with van der Waals surface area (Å²) in [6.45, 7) is 1.66. The smallest absolute Gasteiger partial charge is 0.355 e. The van der Waals surface area contributed by atoms with Crippen molar-refractivity contribution >= 4 is 28.1 Å². The van der Waals surface area contributed by atoms with Crippen molar-refractivity contribution in [1.82, 2.24) is 4.98 Å². The number of benzene rings is 1. The van der Waals surface area contributed by atoms with Gasteiger partial charge in [-0.25, -0.2) is 14.2 Å². The maximum atomic E-state index is 13.3. The first-order chi connectivity index (χ1) is 8.08. The van der Waals surface area contributed by atoms with Gasteiger partial charge in [0.2, 0.25) is 0 Å². The van der Waals surface area contributed by atoms with Gasteiger partial charge in [0.25, 0.3) is 0 Å². The van der Waals surface area contributed by atoms with Crippen molar-refractivity contribution in [2.45, 2.75) is 6.92 Å². The summed E-state index contributed by atoms with van der Waals surface area (Å²) in [7, 11) is 0. The number of nitrogens with zero attached hydrogens (tertiary/aromatic N) is 1. The number of hydrogen-bond donors (Lipinski definition) is 2. The van der Waals surface area contributed by atoms with Crippen LogP contribution >= 0.6 is 11.3 Å². The number of para-hydroxylation sites is 1. The lowest BCUT2D eigenvalue weighted by Gasteiger charge is -2.02. The van der Waals surface area contributed by atoms with Gasteiger partial charge in [-0.15, -0.1) is 11.3 Å². The molecule has 1 aromatic heterocycles. The molecule has 0 amide bonds. The number of aryl methyl sites for hydroxylation is 1. The maximum absolute atomic E-state index is 13.3. The molecule has 17 heavy (non-hydrogen) atoms. The molecule has 0 spiro atoms. The molecule has 0 aliphatic heterocycles. The van der Waals surface area contributed by atoms with Crippen LogP contribution in [0.2, 0.25) is 0 Å². The SMILES string of the molecule is Cc1sc(Nc2ccccc2F)nc1C(=O)O. The number of aromatic carboxylic acids is 1. The summed E-state index contributed by atoms with van der Waals surface area (Å²) in [5, 5.41) is 12.0. The van der Waals surface area contributed by atoms with Crippen LogP contribution in [0.25, 0.3) is 0 Å². The van der Waals surface area contributed by atoms with Crippen LogP contribution in [0.5, 0.6) is 0 Å². The quantitative estimate of drug-likeness (QED) is 0.881.